The lowest BCUT2D eigenvalue weighted by Gasteiger charge is -1.98. The van der Waals surface area contributed by atoms with Crippen molar-refractivity contribution >= 4 is 27.5 Å². The second kappa shape index (κ2) is 3.32. The monoisotopic (exact) mass is 220 g/mol. The minimum Gasteiger partial charge on any atom is -0.326 e. The van der Waals surface area contributed by atoms with Crippen LogP contribution in [0.5, 0.6) is 0 Å². The summed E-state index contributed by atoms with van der Waals surface area (Å²) in [5, 5.41) is 0.476. The SMILES string of the molecule is NCc1ccc(Cl)nc1Br. The molecule has 0 saturated carbocycles. The Kier molecular flexibility index (Phi) is 2.65. The number of hydrogen-bond donors (Lipinski definition) is 1. The van der Waals surface area contributed by atoms with Gasteiger partial charge in [0.25, 0.3) is 0 Å². The fourth-order valence-corrected chi connectivity index (χ4v) is 1.33. The lowest BCUT2D eigenvalue weighted by Crippen LogP contribution is -1.98. The quantitative estimate of drug-likeness (QED) is 0.736. The summed E-state index contributed by atoms with van der Waals surface area (Å²) < 4.78 is 0.725. The zero-order valence-corrected chi connectivity index (χ0v) is 7.48. The minimum atomic E-state index is 0.476. The largest absolute Gasteiger partial charge is 0.326 e. The number of aromatic nitrogens is 1. The summed E-state index contributed by atoms with van der Waals surface area (Å²) in [7, 11) is 0. The van der Waals surface area contributed by atoms with Crippen molar-refractivity contribution in [2.75, 3.05) is 0 Å². The van der Waals surface area contributed by atoms with Crippen LogP contribution in [0.4, 0.5) is 0 Å². The smallest absolute Gasteiger partial charge is 0.130 e. The molecule has 0 fully saturated rings. The Morgan fingerprint density at radius 3 is 2.80 bits per heavy atom. The summed E-state index contributed by atoms with van der Waals surface area (Å²) in [5.74, 6) is 0. The third kappa shape index (κ3) is 1.68. The molecule has 10 heavy (non-hydrogen) atoms. The van der Waals surface area contributed by atoms with Crippen LogP contribution in [0.3, 0.4) is 0 Å². The van der Waals surface area contributed by atoms with Crippen LogP contribution in [0.2, 0.25) is 5.15 Å². The standard InChI is InChI=1S/C6H6BrClN2/c7-6-4(3-9)1-2-5(8)10-6/h1-2H,3,9H2. The van der Waals surface area contributed by atoms with Gasteiger partial charge in [-0.05, 0) is 27.6 Å². The molecule has 0 spiro atoms. The van der Waals surface area contributed by atoms with E-state index in [1.807, 2.05) is 6.07 Å². The summed E-state index contributed by atoms with van der Waals surface area (Å²) in [6, 6.07) is 3.56. The van der Waals surface area contributed by atoms with Gasteiger partial charge >= 0.3 is 0 Å². The third-order valence-corrected chi connectivity index (χ3v) is 2.01. The second-order valence-electron chi connectivity index (χ2n) is 1.79. The molecule has 1 rings (SSSR count). The van der Waals surface area contributed by atoms with Crippen molar-refractivity contribution in [2.24, 2.45) is 5.73 Å². The first-order valence-electron chi connectivity index (χ1n) is 2.75. The maximum Gasteiger partial charge on any atom is 0.130 e. The van der Waals surface area contributed by atoms with Gasteiger partial charge in [0.2, 0.25) is 0 Å². The number of halogens is 2. The summed E-state index contributed by atoms with van der Waals surface area (Å²) in [4.78, 5) is 3.95. The molecular formula is C6H6BrClN2. The summed E-state index contributed by atoms with van der Waals surface area (Å²) in [6.45, 7) is 0.477. The van der Waals surface area contributed by atoms with E-state index >= 15 is 0 Å². The first kappa shape index (κ1) is 7.98. The van der Waals surface area contributed by atoms with Crippen molar-refractivity contribution in [3.63, 3.8) is 0 Å². The molecule has 0 aliphatic rings. The molecule has 0 aliphatic carbocycles. The third-order valence-electron chi connectivity index (χ3n) is 1.11. The van der Waals surface area contributed by atoms with Crippen molar-refractivity contribution in [3.8, 4) is 0 Å². The minimum absolute atomic E-state index is 0.476. The molecule has 0 unspecified atom stereocenters. The Labute approximate surface area is 72.5 Å². The van der Waals surface area contributed by atoms with Crippen LogP contribution < -0.4 is 5.73 Å². The van der Waals surface area contributed by atoms with Gasteiger partial charge in [0.05, 0.1) is 0 Å². The van der Waals surface area contributed by atoms with E-state index in [0.29, 0.717) is 11.7 Å². The number of nitrogens with two attached hydrogens (primary N) is 1. The van der Waals surface area contributed by atoms with Gasteiger partial charge in [0.1, 0.15) is 9.76 Å². The van der Waals surface area contributed by atoms with E-state index in [1.165, 1.54) is 0 Å². The van der Waals surface area contributed by atoms with Gasteiger partial charge < -0.3 is 5.73 Å². The van der Waals surface area contributed by atoms with Crippen LogP contribution in [-0.4, -0.2) is 4.98 Å². The molecule has 0 atom stereocenters. The van der Waals surface area contributed by atoms with Gasteiger partial charge in [0, 0.05) is 6.54 Å². The number of hydrogen-bond acceptors (Lipinski definition) is 2. The predicted octanol–water partition coefficient (Wildman–Crippen LogP) is 1.96. The van der Waals surface area contributed by atoms with Crippen molar-refractivity contribution in [1.82, 2.24) is 4.98 Å². The van der Waals surface area contributed by atoms with E-state index in [2.05, 4.69) is 20.9 Å². The molecular weight excluding hydrogens is 215 g/mol. The molecule has 2 N–H and O–H groups in total. The van der Waals surface area contributed by atoms with E-state index in [9.17, 15) is 0 Å². The highest BCUT2D eigenvalue weighted by atomic mass is 79.9. The maximum absolute atomic E-state index is 5.59. The van der Waals surface area contributed by atoms with Gasteiger partial charge in [0.15, 0.2) is 0 Å². The Bertz CT molecular complexity index is 239. The number of pyridine rings is 1. The van der Waals surface area contributed by atoms with E-state index in [0.717, 1.165) is 10.2 Å². The van der Waals surface area contributed by atoms with Crippen LogP contribution >= 0.6 is 27.5 Å². The van der Waals surface area contributed by atoms with Crippen LogP contribution in [0, 0.1) is 0 Å². The molecule has 4 heteroatoms. The van der Waals surface area contributed by atoms with Crippen molar-refractivity contribution in [2.45, 2.75) is 6.54 Å². The second-order valence-corrected chi connectivity index (χ2v) is 2.93. The fourth-order valence-electron chi connectivity index (χ4n) is 0.593. The summed E-state index contributed by atoms with van der Waals surface area (Å²) in [5.41, 5.74) is 6.35. The molecule has 0 aromatic carbocycles. The first-order valence-corrected chi connectivity index (χ1v) is 3.92. The molecule has 2 nitrogen and oxygen atoms in total. The lowest BCUT2D eigenvalue weighted by atomic mass is 10.3. The van der Waals surface area contributed by atoms with Gasteiger partial charge in [-0.3, -0.25) is 0 Å². The van der Waals surface area contributed by atoms with Crippen LogP contribution in [-0.2, 0) is 6.54 Å². The van der Waals surface area contributed by atoms with E-state index in [1.54, 1.807) is 6.07 Å². The molecule has 1 heterocycles. The van der Waals surface area contributed by atoms with Gasteiger partial charge in [-0.2, -0.15) is 0 Å². The normalized spacial score (nSPS) is 9.90. The Morgan fingerprint density at radius 2 is 2.30 bits per heavy atom. The van der Waals surface area contributed by atoms with Crippen LogP contribution in [0.25, 0.3) is 0 Å². The predicted molar refractivity (Wildman–Crippen MR) is 44.8 cm³/mol. The van der Waals surface area contributed by atoms with Crippen LogP contribution in [0.15, 0.2) is 16.7 Å². The molecule has 1 aromatic heterocycles. The number of rotatable bonds is 1. The lowest BCUT2D eigenvalue weighted by molar-refractivity contribution is 1.03. The topological polar surface area (TPSA) is 38.9 Å². The van der Waals surface area contributed by atoms with Gasteiger partial charge in [-0.1, -0.05) is 17.7 Å². The highest BCUT2D eigenvalue weighted by Gasteiger charge is 1.98. The summed E-state index contributed by atoms with van der Waals surface area (Å²) in [6.07, 6.45) is 0. The molecule has 0 saturated heterocycles. The highest BCUT2D eigenvalue weighted by Crippen LogP contribution is 2.16. The maximum atomic E-state index is 5.59. The first-order chi connectivity index (χ1) is 4.74. The Balaban J connectivity index is 3.07. The zero-order valence-electron chi connectivity index (χ0n) is 5.14. The zero-order chi connectivity index (χ0) is 7.56. The Hall–Kier alpha value is -0.120. The van der Waals surface area contributed by atoms with Crippen molar-refractivity contribution < 1.29 is 0 Å². The van der Waals surface area contributed by atoms with Crippen molar-refractivity contribution in [1.29, 1.82) is 0 Å². The van der Waals surface area contributed by atoms with E-state index < -0.39 is 0 Å². The molecule has 0 bridgehead atoms. The summed E-state index contributed by atoms with van der Waals surface area (Å²) >= 11 is 8.82. The van der Waals surface area contributed by atoms with E-state index in [4.69, 9.17) is 17.3 Å². The van der Waals surface area contributed by atoms with E-state index in [-0.39, 0.29) is 0 Å². The fraction of sp³-hybridized carbons (Fsp3) is 0.167. The Morgan fingerprint density at radius 1 is 1.60 bits per heavy atom. The molecule has 0 aliphatic heterocycles. The molecule has 0 radical (unpaired) electrons. The van der Waals surface area contributed by atoms with Gasteiger partial charge in [-0.15, -0.1) is 0 Å². The number of nitrogens with zero attached hydrogens (tertiary/aromatic N) is 1. The van der Waals surface area contributed by atoms with Crippen LogP contribution in [0.1, 0.15) is 5.56 Å². The highest BCUT2D eigenvalue weighted by molar-refractivity contribution is 9.10. The van der Waals surface area contributed by atoms with Gasteiger partial charge in [-0.25, -0.2) is 4.98 Å². The molecule has 1 aromatic rings. The molecule has 54 valence electrons. The van der Waals surface area contributed by atoms with Crippen molar-refractivity contribution in [3.05, 3.63) is 27.5 Å². The average Bonchev–Trinajstić information content (AvgIpc) is 1.88. The molecule has 0 amide bonds. The average molecular weight is 221 g/mol.